The molecule has 0 saturated carbocycles. The van der Waals surface area contributed by atoms with Crippen molar-refractivity contribution in [2.75, 3.05) is 20.3 Å². The number of nitrogens with zero attached hydrogens (tertiary/aromatic N) is 1. The molecule has 0 radical (unpaired) electrons. The van der Waals surface area contributed by atoms with E-state index in [0.29, 0.717) is 28.4 Å². The topological polar surface area (TPSA) is 38.8 Å². The molecule has 1 heterocycles. The molecule has 0 N–H and O–H groups in total. The average Bonchev–Trinajstić information content (AvgIpc) is 2.98. The van der Waals surface area contributed by atoms with Crippen LogP contribution in [0.1, 0.15) is 37.3 Å². The van der Waals surface area contributed by atoms with E-state index in [1.54, 1.807) is 7.05 Å². The van der Waals surface area contributed by atoms with Crippen molar-refractivity contribution in [3.63, 3.8) is 0 Å². The van der Waals surface area contributed by atoms with Crippen molar-refractivity contribution in [2.45, 2.75) is 26.2 Å². The highest BCUT2D eigenvalue weighted by Gasteiger charge is 2.28. The molecule has 0 spiro atoms. The van der Waals surface area contributed by atoms with Crippen LogP contribution in [0.3, 0.4) is 0 Å². The van der Waals surface area contributed by atoms with Crippen molar-refractivity contribution in [3.05, 3.63) is 64.6 Å². The number of likely N-dealkylation sites (N-methyl/N-ethyl adjacent to an activating group) is 1. The summed E-state index contributed by atoms with van der Waals surface area (Å²) in [6.45, 7) is 5.35. The number of hydrogen-bond donors (Lipinski definition) is 0. The van der Waals surface area contributed by atoms with Crippen LogP contribution >= 0.6 is 24.0 Å². The van der Waals surface area contributed by atoms with Gasteiger partial charge in [0.05, 0.1) is 4.91 Å². The Labute approximate surface area is 181 Å². The zero-order chi connectivity index (χ0) is 20.8. The monoisotopic (exact) mass is 427 g/mol. The fourth-order valence-electron chi connectivity index (χ4n) is 2.80. The number of benzene rings is 2. The van der Waals surface area contributed by atoms with Crippen LogP contribution in [-0.4, -0.2) is 35.4 Å². The van der Waals surface area contributed by atoms with Crippen LogP contribution in [0.5, 0.6) is 11.5 Å². The minimum atomic E-state index is -0.0605. The van der Waals surface area contributed by atoms with E-state index in [9.17, 15) is 4.79 Å². The van der Waals surface area contributed by atoms with E-state index in [1.165, 1.54) is 22.2 Å². The number of hydrogen-bond acceptors (Lipinski definition) is 5. The Bertz CT molecular complexity index is 891. The van der Waals surface area contributed by atoms with Gasteiger partial charge in [-0.05, 0) is 53.8 Å². The number of carbonyl (C=O) groups is 1. The number of thiocarbonyl (C=S) groups is 1. The van der Waals surface area contributed by atoms with Gasteiger partial charge in [-0.3, -0.25) is 9.69 Å². The lowest BCUT2D eigenvalue weighted by Gasteiger charge is -2.11. The second kappa shape index (κ2) is 9.94. The van der Waals surface area contributed by atoms with Crippen molar-refractivity contribution < 1.29 is 14.3 Å². The fraction of sp³-hybridized carbons (Fsp3) is 0.304. The van der Waals surface area contributed by atoms with Crippen LogP contribution in [0.4, 0.5) is 0 Å². The van der Waals surface area contributed by atoms with Gasteiger partial charge in [0.2, 0.25) is 0 Å². The number of carbonyl (C=O) groups excluding carboxylic acids is 1. The van der Waals surface area contributed by atoms with Gasteiger partial charge >= 0.3 is 0 Å². The summed E-state index contributed by atoms with van der Waals surface area (Å²) in [6.07, 6.45) is 2.97. The van der Waals surface area contributed by atoms with Crippen molar-refractivity contribution in [3.8, 4) is 11.5 Å². The third kappa shape index (κ3) is 5.61. The Morgan fingerprint density at radius 2 is 1.59 bits per heavy atom. The van der Waals surface area contributed by atoms with Crippen LogP contribution < -0.4 is 9.47 Å². The minimum absolute atomic E-state index is 0.0605. The highest BCUT2D eigenvalue weighted by Crippen LogP contribution is 2.31. The number of rotatable bonds is 8. The molecule has 1 aliphatic heterocycles. The summed E-state index contributed by atoms with van der Waals surface area (Å²) in [7, 11) is 1.69. The van der Waals surface area contributed by atoms with Crippen LogP contribution in [0.2, 0.25) is 0 Å². The zero-order valence-electron chi connectivity index (χ0n) is 16.9. The van der Waals surface area contributed by atoms with Gasteiger partial charge in [-0.15, -0.1) is 0 Å². The quantitative estimate of drug-likeness (QED) is 0.316. The second-order valence-electron chi connectivity index (χ2n) is 6.89. The van der Waals surface area contributed by atoms with Crippen molar-refractivity contribution >= 4 is 40.3 Å². The van der Waals surface area contributed by atoms with Gasteiger partial charge in [-0.1, -0.05) is 62.1 Å². The molecule has 6 heteroatoms. The van der Waals surface area contributed by atoms with E-state index in [0.717, 1.165) is 23.5 Å². The largest absolute Gasteiger partial charge is 0.490 e. The molecule has 4 nitrogen and oxygen atoms in total. The number of ether oxygens (including phenoxy) is 2. The normalized spacial score (nSPS) is 16.4. The molecule has 0 aromatic heterocycles. The molecule has 1 atom stereocenters. The molecule has 1 amide bonds. The van der Waals surface area contributed by atoms with Gasteiger partial charge in [-0.25, -0.2) is 0 Å². The molecule has 0 bridgehead atoms. The summed E-state index contributed by atoms with van der Waals surface area (Å²) < 4.78 is 12.1. The Morgan fingerprint density at radius 3 is 2.07 bits per heavy atom. The molecule has 152 valence electrons. The van der Waals surface area contributed by atoms with E-state index in [2.05, 4.69) is 26.0 Å². The van der Waals surface area contributed by atoms with Crippen LogP contribution in [0.15, 0.2) is 53.4 Å². The molecule has 1 saturated heterocycles. The first-order valence-corrected chi connectivity index (χ1v) is 10.9. The molecule has 0 unspecified atom stereocenters. The summed E-state index contributed by atoms with van der Waals surface area (Å²) in [6, 6.07) is 15.9. The Balaban J connectivity index is 1.46. The fourth-order valence-corrected chi connectivity index (χ4v) is 3.98. The SMILES string of the molecule is CC[C@@H](C)c1ccc(OCCOc2ccc(/C=C3\SC(=S)N(C)C3=O)cc2)cc1. The van der Waals surface area contributed by atoms with E-state index in [4.69, 9.17) is 21.7 Å². The molecular weight excluding hydrogens is 402 g/mol. The molecule has 1 fully saturated rings. The standard InChI is InChI=1S/C23H25NO3S2/c1-4-16(2)18-7-11-20(12-8-18)27-14-13-26-19-9-5-17(6-10-19)15-21-22(25)24(3)23(28)29-21/h5-12,15-16H,4,13-14H2,1-3H3/b21-15-/t16-/m1/s1. The number of thioether (sulfide) groups is 1. The zero-order valence-corrected chi connectivity index (χ0v) is 18.5. The second-order valence-corrected chi connectivity index (χ2v) is 8.56. The van der Waals surface area contributed by atoms with E-state index in [-0.39, 0.29) is 5.91 Å². The molecule has 0 aliphatic carbocycles. The third-order valence-corrected chi connectivity index (χ3v) is 6.33. The molecule has 29 heavy (non-hydrogen) atoms. The van der Waals surface area contributed by atoms with Gasteiger partial charge in [-0.2, -0.15) is 0 Å². The Hall–Kier alpha value is -2.31. The maximum absolute atomic E-state index is 12.1. The van der Waals surface area contributed by atoms with Gasteiger partial charge < -0.3 is 9.47 Å². The van der Waals surface area contributed by atoms with Crippen molar-refractivity contribution in [1.82, 2.24) is 4.90 Å². The van der Waals surface area contributed by atoms with Gasteiger partial charge in [0, 0.05) is 7.05 Å². The summed E-state index contributed by atoms with van der Waals surface area (Å²) in [5.41, 5.74) is 2.27. The third-order valence-electron chi connectivity index (χ3n) is 4.85. The first-order valence-electron chi connectivity index (χ1n) is 9.65. The minimum Gasteiger partial charge on any atom is -0.490 e. The van der Waals surface area contributed by atoms with Gasteiger partial charge in [0.1, 0.15) is 29.0 Å². The maximum atomic E-state index is 12.1. The summed E-state index contributed by atoms with van der Waals surface area (Å²) in [4.78, 5) is 14.2. The Morgan fingerprint density at radius 1 is 1.03 bits per heavy atom. The predicted molar refractivity (Wildman–Crippen MR) is 124 cm³/mol. The summed E-state index contributed by atoms with van der Waals surface area (Å²) >= 11 is 6.47. The lowest BCUT2D eigenvalue weighted by atomic mass is 9.99. The molecule has 1 aliphatic rings. The average molecular weight is 428 g/mol. The summed E-state index contributed by atoms with van der Waals surface area (Å²) in [5.74, 6) is 2.12. The van der Waals surface area contributed by atoms with E-state index in [1.807, 2.05) is 42.5 Å². The van der Waals surface area contributed by atoms with Crippen LogP contribution in [0, 0.1) is 0 Å². The number of amides is 1. The van der Waals surface area contributed by atoms with Crippen molar-refractivity contribution in [1.29, 1.82) is 0 Å². The van der Waals surface area contributed by atoms with Crippen molar-refractivity contribution in [2.24, 2.45) is 0 Å². The van der Waals surface area contributed by atoms with E-state index < -0.39 is 0 Å². The van der Waals surface area contributed by atoms with E-state index >= 15 is 0 Å². The first kappa shape index (κ1) is 21.4. The lowest BCUT2D eigenvalue weighted by Crippen LogP contribution is -2.22. The smallest absolute Gasteiger partial charge is 0.265 e. The first-order chi connectivity index (χ1) is 14.0. The molecule has 2 aromatic rings. The molecule has 2 aromatic carbocycles. The lowest BCUT2D eigenvalue weighted by molar-refractivity contribution is -0.121. The Kier molecular flexibility index (Phi) is 7.34. The summed E-state index contributed by atoms with van der Waals surface area (Å²) in [5, 5.41) is 0. The maximum Gasteiger partial charge on any atom is 0.265 e. The van der Waals surface area contributed by atoms with Gasteiger partial charge in [0.15, 0.2) is 0 Å². The van der Waals surface area contributed by atoms with Crippen LogP contribution in [-0.2, 0) is 4.79 Å². The molecule has 3 rings (SSSR count). The van der Waals surface area contributed by atoms with Crippen LogP contribution in [0.25, 0.3) is 6.08 Å². The van der Waals surface area contributed by atoms with Gasteiger partial charge in [0.25, 0.3) is 5.91 Å². The predicted octanol–water partition coefficient (Wildman–Crippen LogP) is 5.49. The highest BCUT2D eigenvalue weighted by molar-refractivity contribution is 8.26. The highest BCUT2D eigenvalue weighted by atomic mass is 32.2. The molecular formula is C23H25NO3S2.